The van der Waals surface area contributed by atoms with Crippen LogP contribution in [0.5, 0.6) is 0 Å². The number of hydrogen-bond donors (Lipinski definition) is 0. The first kappa shape index (κ1) is 26.8. The Labute approximate surface area is 222 Å². The SMILES string of the molecule is Cc1cc(C(=O)c2ccccc2Cl)c(-c2nnn(Cc3cc(C(F)(F)F)cc(C(F)(F)F)c3)c2C2CC2)nn1. The van der Waals surface area contributed by atoms with Crippen molar-refractivity contribution >= 4 is 17.4 Å². The molecule has 0 saturated heterocycles. The zero-order valence-electron chi connectivity index (χ0n) is 20.1. The molecule has 202 valence electrons. The first-order chi connectivity index (χ1) is 18.3. The Bertz CT molecular complexity index is 1540. The second-order valence-corrected chi connectivity index (χ2v) is 9.63. The van der Waals surface area contributed by atoms with Crippen LogP contribution in [0.2, 0.25) is 5.02 Å². The number of rotatable bonds is 6. The minimum atomic E-state index is -4.98. The summed E-state index contributed by atoms with van der Waals surface area (Å²) in [4.78, 5) is 13.5. The van der Waals surface area contributed by atoms with E-state index in [1.807, 2.05) is 0 Å². The molecule has 1 saturated carbocycles. The van der Waals surface area contributed by atoms with E-state index in [0.717, 1.165) is 0 Å². The van der Waals surface area contributed by atoms with Gasteiger partial charge in [0.15, 0.2) is 5.78 Å². The van der Waals surface area contributed by atoms with Crippen LogP contribution in [0.25, 0.3) is 11.4 Å². The number of halogens is 7. The van der Waals surface area contributed by atoms with E-state index >= 15 is 0 Å². The maximum Gasteiger partial charge on any atom is 0.416 e. The Hall–Kier alpha value is -3.80. The Morgan fingerprint density at radius 1 is 0.897 bits per heavy atom. The third-order valence-corrected chi connectivity index (χ3v) is 6.55. The Morgan fingerprint density at radius 3 is 2.13 bits per heavy atom. The van der Waals surface area contributed by atoms with Gasteiger partial charge in [-0.3, -0.25) is 4.79 Å². The van der Waals surface area contributed by atoms with Gasteiger partial charge in [0, 0.05) is 11.5 Å². The number of nitrogens with zero attached hydrogens (tertiary/aromatic N) is 5. The van der Waals surface area contributed by atoms with Gasteiger partial charge in [-0.2, -0.15) is 31.4 Å². The molecule has 39 heavy (non-hydrogen) atoms. The summed E-state index contributed by atoms with van der Waals surface area (Å²) >= 11 is 6.23. The van der Waals surface area contributed by atoms with Crippen molar-refractivity contribution < 1.29 is 31.1 Å². The average Bonchev–Trinajstić information content (AvgIpc) is 3.62. The smallest absolute Gasteiger partial charge is 0.288 e. The molecule has 0 radical (unpaired) electrons. The predicted octanol–water partition coefficient (Wildman–Crippen LogP) is 6.89. The summed E-state index contributed by atoms with van der Waals surface area (Å²) in [6.07, 6.45) is -8.56. The summed E-state index contributed by atoms with van der Waals surface area (Å²) in [5.74, 6) is -0.563. The molecule has 0 N–H and O–H groups in total. The number of carbonyl (C=O) groups excluding carboxylic acids is 1. The van der Waals surface area contributed by atoms with Gasteiger partial charge >= 0.3 is 12.4 Å². The van der Waals surface area contributed by atoms with Gasteiger partial charge in [-0.15, -0.1) is 10.2 Å². The number of alkyl halides is 6. The first-order valence-corrected chi connectivity index (χ1v) is 12.1. The second kappa shape index (κ2) is 9.74. The fraction of sp³-hybridized carbons (Fsp3) is 0.269. The topological polar surface area (TPSA) is 73.6 Å². The maximum absolute atomic E-state index is 13.5. The summed E-state index contributed by atoms with van der Waals surface area (Å²) in [6.45, 7) is 1.24. The van der Waals surface area contributed by atoms with Crippen LogP contribution in [0, 0.1) is 6.92 Å². The molecule has 2 heterocycles. The molecule has 0 bridgehead atoms. The van der Waals surface area contributed by atoms with E-state index in [1.54, 1.807) is 31.2 Å². The highest BCUT2D eigenvalue weighted by Gasteiger charge is 2.38. The van der Waals surface area contributed by atoms with E-state index < -0.39 is 35.8 Å². The van der Waals surface area contributed by atoms with Crippen molar-refractivity contribution in [1.29, 1.82) is 0 Å². The fourth-order valence-electron chi connectivity index (χ4n) is 4.28. The summed E-state index contributed by atoms with van der Waals surface area (Å²) < 4.78 is 81.5. The quantitative estimate of drug-likeness (QED) is 0.188. The van der Waals surface area contributed by atoms with Gasteiger partial charge in [0.25, 0.3) is 0 Å². The molecule has 1 aliphatic carbocycles. The summed E-state index contributed by atoms with van der Waals surface area (Å²) in [5, 5.41) is 16.6. The largest absolute Gasteiger partial charge is 0.416 e. The molecule has 0 unspecified atom stereocenters. The van der Waals surface area contributed by atoms with Crippen molar-refractivity contribution in [3.05, 3.63) is 92.8 Å². The van der Waals surface area contributed by atoms with Gasteiger partial charge in [0.1, 0.15) is 11.4 Å². The van der Waals surface area contributed by atoms with Crippen molar-refractivity contribution in [2.24, 2.45) is 0 Å². The lowest BCUT2D eigenvalue weighted by Gasteiger charge is -2.15. The van der Waals surface area contributed by atoms with Crippen LogP contribution in [0.1, 0.15) is 62.8 Å². The number of aromatic nitrogens is 5. The minimum Gasteiger partial charge on any atom is -0.288 e. The molecular formula is C26H18ClF6N5O. The van der Waals surface area contributed by atoms with Crippen LogP contribution >= 0.6 is 11.6 Å². The van der Waals surface area contributed by atoms with Gasteiger partial charge < -0.3 is 0 Å². The highest BCUT2D eigenvalue weighted by atomic mass is 35.5. The molecule has 13 heteroatoms. The van der Waals surface area contributed by atoms with E-state index in [2.05, 4.69) is 20.5 Å². The van der Waals surface area contributed by atoms with Crippen LogP contribution in [0.4, 0.5) is 26.3 Å². The lowest BCUT2D eigenvalue weighted by Crippen LogP contribution is -2.14. The van der Waals surface area contributed by atoms with Crippen molar-refractivity contribution in [3.8, 4) is 11.4 Å². The van der Waals surface area contributed by atoms with Crippen LogP contribution in [0.15, 0.2) is 48.5 Å². The maximum atomic E-state index is 13.5. The monoisotopic (exact) mass is 565 g/mol. The molecule has 0 aliphatic heterocycles. The standard InChI is InChI=1S/C26H18ClF6N5O/c1-13-8-19(24(39)18-4-2-3-5-20(18)27)21(35-34-13)22-23(15-6-7-15)38(37-36-22)12-14-9-16(25(28,29)30)11-17(10-14)26(31,32)33/h2-5,8-11,15H,6-7,12H2,1H3. The number of hydrogen-bond acceptors (Lipinski definition) is 5. The van der Waals surface area contributed by atoms with E-state index in [4.69, 9.17) is 11.6 Å². The van der Waals surface area contributed by atoms with E-state index in [0.29, 0.717) is 36.4 Å². The van der Waals surface area contributed by atoms with Crippen LogP contribution < -0.4 is 0 Å². The summed E-state index contributed by atoms with van der Waals surface area (Å²) in [5.41, 5.74) is -1.56. The highest BCUT2D eigenvalue weighted by molar-refractivity contribution is 6.35. The predicted molar refractivity (Wildman–Crippen MR) is 128 cm³/mol. The zero-order valence-corrected chi connectivity index (χ0v) is 20.9. The normalized spacial score (nSPS) is 14.1. The number of benzene rings is 2. The molecule has 6 nitrogen and oxygen atoms in total. The molecule has 0 amide bonds. The Kier molecular flexibility index (Phi) is 6.69. The van der Waals surface area contributed by atoms with Crippen molar-refractivity contribution in [2.75, 3.05) is 0 Å². The van der Waals surface area contributed by atoms with Crippen molar-refractivity contribution in [3.63, 3.8) is 0 Å². The molecule has 5 rings (SSSR count). The molecule has 1 aliphatic rings. The van der Waals surface area contributed by atoms with Gasteiger partial charge in [-0.25, -0.2) is 4.68 Å². The third kappa shape index (κ3) is 5.51. The van der Waals surface area contributed by atoms with Gasteiger partial charge in [0.05, 0.1) is 39.6 Å². The summed E-state index contributed by atoms with van der Waals surface area (Å²) in [7, 11) is 0. The van der Waals surface area contributed by atoms with E-state index in [-0.39, 0.29) is 45.1 Å². The number of carbonyl (C=O) groups is 1. The van der Waals surface area contributed by atoms with Crippen LogP contribution in [0.3, 0.4) is 0 Å². The highest BCUT2D eigenvalue weighted by Crippen LogP contribution is 2.44. The molecule has 1 fully saturated rings. The Balaban J connectivity index is 1.60. The molecule has 2 aromatic carbocycles. The molecule has 0 spiro atoms. The fourth-order valence-corrected chi connectivity index (χ4v) is 4.50. The second-order valence-electron chi connectivity index (χ2n) is 9.23. The Morgan fingerprint density at radius 2 is 1.54 bits per heavy atom. The number of aryl methyl sites for hydroxylation is 1. The van der Waals surface area contributed by atoms with Gasteiger partial charge in [-0.05, 0) is 61.7 Å². The average molecular weight is 566 g/mol. The minimum absolute atomic E-state index is 0.0760. The first-order valence-electron chi connectivity index (χ1n) is 11.7. The number of ketones is 1. The molecular weight excluding hydrogens is 548 g/mol. The zero-order chi connectivity index (χ0) is 28.1. The van der Waals surface area contributed by atoms with Gasteiger partial charge in [-0.1, -0.05) is 28.9 Å². The van der Waals surface area contributed by atoms with Crippen LogP contribution in [-0.4, -0.2) is 31.0 Å². The lowest BCUT2D eigenvalue weighted by molar-refractivity contribution is -0.143. The van der Waals surface area contributed by atoms with Crippen LogP contribution in [-0.2, 0) is 18.9 Å². The molecule has 0 atom stereocenters. The van der Waals surface area contributed by atoms with Gasteiger partial charge in [0.2, 0.25) is 0 Å². The van der Waals surface area contributed by atoms with E-state index in [9.17, 15) is 31.1 Å². The third-order valence-electron chi connectivity index (χ3n) is 6.22. The molecule has 4 aromatic rings. The molecule has 2 aromatic heterocycles. The lowest BCUT2D eigenvalue weighted by atomic mass is 9.99. The van der Waals surface area contributed by atoms with Crippen molar-refractivity contribution in [1.82, 2.24) is 25.2 Å². The summed E-state index contributed by atoms with van der Waals surface area (Å²) in [6, 6.07) is 9.34. The van der Waals surface area contributed by atoms with E-state index in [1.165, 1.54) is 10.7 Å². The van der Waals surface area contributed by atoms with Crippen molar-refractivity contribution in [2.45, 2.75) is 44.6 Å².